The Hall–Kier alpha value is -2.13. The molecule has 0 amide bonds. The van der Waals surface area contributed by atoms with Gasteiger partial charge in [-0.2, -0.15) is 0 Å². The third-order valence-corrected chi connectivity index (χ3v) is 6.61. The summed E-state index contributed by atoms with van der Waals surface area (Å²) in [6.07, 6.45) is 5.62. The highest BCUT2D eigenvalue weighted by molar-refractivity contribution is 5.71. The summed E-state index contributed by atoms with van der Waals surface area (Å²) in [6, 6.07) is 19.6. The Bertz CT molecular complexity index is 771. The van der Waals surface area contributed by atoms with Crippen LogP contribution in [-0.2, 0) is 22.7 Å². The molecule has 1 heterocycles. The third-order valence-electron chi connectivity index (χ3n) is 6.61. The Morgan fingerprint density at radius 3 is 2.50 bits per heavy atom. The van der Waals surface area contributed by atoms with Crippen LogP contribution in [0.2, 0.25) is 0 Å². The van der Waals surface area contributed by atoms with Crippen molar-refractivity contribution in [3.8, 4) is 0 Å². The van der Waals surface area contributed by atoms with E-state index in [4.69, 9.17) is 4.74 Å². The Kier molecular flexibility index (Phi) is 8.50. The molecule has 0 aromatic heterocycles. The molecule has 1 aliphatic rings. The second-order valence-electron chi connectivity index (χ2n) is 8.89. The summed E-state index contributed by atoms with van der Waals surface area (Å²) >= 11 is 0. The van der Waals surface area contributed by atoms with Crippen molar-refractivity contribution in [1.82, 2.24) is 4.90 Å². The van der Waals surface area contributed by atoms with Crippen molar-refractivity contribution in [3.63, 3.8) is 0 Å². The van der Waals surface area contributed by atoms with Gasteiger partial charge in [0.15, 0.2) is 0 Å². The molecule has 2 aromatic rings. The van der Waals surface area contributed by atoms with Crippen LogP contribution in [0.4, 0.5) is 0 Å². The zero-order valence-corrected chi connectivity index (χ0v) is 18.8. The second kappa shape index (κ2) is 11.3. The molecule has 3 nitrogen and oxygen atoms in total. The average Bonchev–Trinajstić information content (AvgIpc) is 3.23. The first-order chi connectivity index (χ1) is 14.6. The summed E-state index contributed by atoms with van der Waals surface area (Å²) in [5.41, 5.74) is 3.87. The number of hydrogen-bond acceptors (Lipinski definition) is 3. The number of likely N-dealkylation sites (tertiary alicyclic amines) is 1. The van der Waals surface area contributed by atoms with Gasteiger partial charge < -0.3 is 4.74 Å². The minimum atomic E-state index is -0.0796. The fraction of sp³-hybridized carbons (Fsp3) is 0.519. The number of carbonyl (C=O) groups is 1. The number of nitrogens with zero attached hydrogens (tertiary/aromatic N) is 1. The molecule has 3 heteroatoms. The Morgan fingerprint density at radius 1 is 1.07 bits per heavy atom. The number of carbonyl (C=O) groups excluding carboxylic acids is 1. The molecule has 0 aliphatic carbocycles. The summed E-state index contributed by atoms with van der Waals surface area (Å²) < 4.78 is 5.51. The molecule has 0 N–H and O–H groups in total. The molecule has 0 bridgehead atoms. The molecule has 0 saturated carbocycles. The van der Waals surface area contributed by atoms with Gasteiger partial charge in [0.2, 0.25) is 0 Å². The molecule has 162 valence electrons. The van der Waals surface area contributed by atoms with Crippen LogP contribution in [0.1, 0.15) is 75.5 Å². The predicted molar refractivity (Wildman–Crippen MR) is 123 cm³/mol. The summed E-state index contributed by atoms with van der Waals surface area (Å²) in [5, 5.41) is 0. The van der Waals surface area contributed by atoms with E-state index < -0.39 is 0 Å². The van der Waals surface area contributed by atoms with Crippen molar-refractivity contribution in [2.45, 2.75) is 78.0 Å². The number of ether oxygens (including phenoxy) is 1. The Morgan fingerprint density at radius 2 is 1.80 bits per heavy atom. The second-order valence-corrected chi connectivity index (χ2v) is 8.89. The third kappa shape index (κ3) is 6.43. The van der Waals surface area contributed by atoms with Gasteiger partial charge >= 0.3 is 5.97 Å². The van der Waals surface area contributed by atoms with E-state index in [-0.39, 0.29) is 11.9 Å². The van der Waals surface area contributed by atoms with Gasteiger partial charge in [-0.3, -0.25) is 9.69 Å². The van der Waals surface area contributed by atoms with Crippen molar-refractivity contribution >= 4 is 5.97 Å². The van der Waals surface area contributed by atoms with Gasteiger partial charge in [-0.05, 0) is 61.3 Å². The lowest BCUT2D eigenvalue weighted by Crippen LogP contribution is -2.30. The van der Waals surface area contributed by atoms with Gasteiger partial charge in [-0.15, -0.1) is 0 Å². The Labute approximate surface area is 182 Å². The van der Waals surface area contributed by atoms with Gasteiger partial charge in [0.1, 0.15) is 6.61 Å². The largest absolute Gasteiger partial charge is 0.461 e. The average molecular weight is 408 g/mol. The summed E-state index contributed by atoms with van der Waals surface area (Å²) in [4.78, 5) is 15.0. The van der Waals surface area contributed by atoms with Crippen LogP contribution < -0.4 is 0 Å². The smallest absolute Gasteiger partial charge is 0.308 e. The van der Waals surface area contributed by atoms with Crippen LogP contribution in [0.25, 0.3) is 0 Å². The number of rotatable bonds is 10. The van der Waals surface area contributed by atoms with Gasteiger partial charge in [0.25, 0.3) is 0 Å². The molecule has 3 unspecified atom stereocenters. The highest BCUT2D eigenvalue weighted by atomic mass is 16.5. The summed E-state index contributed by atoms with van der Waals surface area (Å²) in [7, 11) is 0. The SMILES string of the molecule is CCC(C)c1ccc(CN2CCCC2CCC(C)C(=O)OCc2ccccc2)cc1. The predicted octanol–water partition coefficient (Wildman–Crippen LogP) is 6.32. The standard InChI is InChI=1S/C27H37NO2/c1-4-21(2)25-15-13-23(14-16-25)19-28-18-8-11-26(28)17-12-22(3)27(29)30-20-24-9-6-5-7-10-24/h5-7,9-10,13-16,21-22,26H,4,8,11-12,17-20H2,1-3H3. The van der Waals surface area contributed by atoms with E-state index in [1.165, 1.54) is 30.4 Å². The van der Waals surface area contributed by atoms with E-state index in [1.54, 1.807) is 0 Å². The van der Waals surface area contributed by atoms with E-state index in [0.717, 1.165) is 31.5 Å². The maximum Gasteiger partial charge on any atom is 0.308 e. The summed E-state index contributed by atoms with van der Waals surface area (Å²) in [6.45, 7) is 9.07. The zero-order valence-electron chi connectivity index (χ0n) is 18.8. The van der Waals surface area contributed by atoms with Gasteiger partial charge in [-0.1, -0.05) is 75.4 Å². The lowest BCUT2D eigenvalue weighted by atomic mass is 9.97. The van der Waals surface area contributed by atoms with Gasteiger partial charge in [-0.25, -0.2) is 0 Å². The van der Waals surface area contributed by atoms with E-state index in [9.17, 15) is 4.79 Å². The minimum absolute atomic E-state index is 0.0500. The first kappa shape index (κ1) is 22.6. The topological polar surface area (TPSA) is 29.5 Å². The van der Waals surface area contributed by atoms with Crippen molar-refractivity contribution in [2.75, 3.05) is 6.54 Å². The van der Waals surface area contributed by atoms with Crippen molar-refractivity contribution < 1.29 is 9.53 Å². The molecule has 1 fully saturated rings. The van der Waals surface area contributed by atoms with Crippen molar-refractivity contribution in [3.05, 3.63) is 71.3 Å². The summed E-state index contributed by atoms with van der Waals surface area (Å²) in [5.74, 6) is 0.497. The molecule has 0 spiro atoms. The number of esters is 1. The number of hydrogen-bond donors (Lipinski definition) is 0. The fourth-order valence-corrected chi connectivity index (χ4v) is 4.28. The molecule has 1 aliphatic heterocycles. The molecule has 30 heavy (non-hydrogen) atoms. The molecular weight excluding hydrogens is 370 g/mol. The van der Waals surface area contributed by atoms with E-state index in [0.29, 0.717) is 18.6 Å². The lowest BCUT2D eigenvalue weighted by molar-refractivity contribution is -0.149. The fourth-order valence-electron chi connectivity index (χ4n) is 4.28. The van der Waals surface area contributed by atoms with Crippen LogP contribution in [0.5, 0.6) is 0 Å². The maximum atomic E-state index is 12.4. The van der Waals surface area contributed by atoms with Crippen molar-refractivity contribution in [2.24, 2.45) is 5.92 Å². The normalized spacial score (nSPS) is 18.8. The van der Waals surface area contributed by atoms with Crippen LogP contribution in [0, 0.1) is 5.92 Å². The Balaban J connectivity index is 1.44. The highest BCUT2D eigenvalue weighted by Crippen LogP contribution is 2.26. The monoisotopic (exact) mass is 407 g/mol. The first-order valence-corrected chi connectivity index (χ1v) is 11.6. The number of benzene rings is 2. The van der Waals surface area contributed by atoms with E-state index >= 15 is 0 Å². The molecular formula is C27H37NO2. The van der Waals surface area contributed by atoms with Gasteiger partial charge in [0, 0.05) is 12.6 Å². The van der Waals surface area contributed by atoms with Crippen LogP contribution in [0.3, 0.4) is 0 Å². The van der Waals surface area contributed by atoms with E-state index in [1.807, 2.05) is 37.3 Å². The molecule has 3 rings (SSSR count). The first-order valence-electron chi connectivity index (χ1n) is 11.6. The highest BCUT2D eigenvalue weighted by Gasteiger charge is 2.26. The van der Waals surface area contributed by atoms with E-state index in [2.05, 4.69) is 43.0 Å². The molecule has 1 saturated heterocycles. The molecule has 0 radical (unpaired) electrons. The van der Waals surface area contributed by atoms with Gasteiger partial charge in [0.05, 0.1) is 5.92 Å². The molecule has 3 atom stereocenters. The lowest BCUT2D eigenvalue weighted by Gasteiger charge is -2.25. The van der Waals surface area contributed by atoms with Crippen molar-refractivity contribution in [1.29, 1.82) is 0 Å². The maximum absolute atomic E-state index is 12.4. The van der Waals surface area contributed by atoms with Crippen LogP contribution in [-0.4, -0.2) is 23.5 Å². The van der Waals surface area contributed by atoms with Crippen LogP contribution >= 0.6 is 0 Å². The van der Waals surface area contributed by atoms with Crippen LogP contribution in [0.15, 0.2) is 54.6 Å². The zero-order chi connectivity index (χ0) is 21.3. The minimum Gasteiger partial charge on any atom is -0.461 e. The molecule has 2 aromatic carbocycles. The quantitative estimate of drug-likeness (QED) is 0.431.